The van der Waals surface area contributed by atoms with Gasteiger partial charge in [-0.25, -0.2) is 9.97 Å². The second kappa shape index (κ2) is 10.2. The molecule has 2 heterocycles. The van der Waals surface area contributed by atoms with E-state index in [2.05, 4.69) is 25.6 Å². The molecule has 1 aliphatic rings. The van der Waals surface area contributed by atoms with Crippen molar-refractivity contribution in [3.8, 4) is 0 Å². The van der Waals surface area contributed by atoms with Crippen molar-refractivity contribution < 1.29 is 9.59 Å². The maximum Gasteiger partial charge on any atom is 0.280 e. The molecule has 0 fully saturated rings. The number of amides is 1. The fraction of sp³-hybridized carbons (Fsp3) is 0.350. The third kappa shape index (κ3) is 6.12. The average Bonchev–Trinajstić information content (AvgIpc) is 3.18. The lowest BCUT2D eigenvalue weighted by molar-refractivity contribution is -0.119. The minimum absolute atomic E-state index is 0.0237. The van der Waals surface area contributed by atoms with Gasteiger partial charge in [-0.15, -0.1) is 0 Å². The zero-order valence-corrected chi connectivity index (χ0v) is 17.6. The molecule has 0 bridgehead atoms. The van der Waals surface area contributed by atoms with E-state index in [1.807, 2.05) is 30.3 Å². The van der Waals surface area contributed by atoms with Crippen LogP contribution in [0.5, 0.6) is 0 Å². The van der Waals surface area contributed by atoms with E-state index >= 15 is 0 Å². The first-order valence-corrected chi connectivity index (χ1v) is 10.2. The lowest BCUT2D eigenvalue weighted by Crippen LogP contribution is -2.42. The summed E-state index contributed by atoms with van der Waals surface area (Å²) in [4.78, 5) is 36.5. The highest BCUT2D eigenvalue weighted by Gasteiger charge is 2.23. The van der Waals surface area contributed by atoms with Crippen LogP contribution in [0.2, 0.25) is 5.15 Å². The van der Waals surface area contributed by atoms with Crippen molar-refractivity contribution in [3.63, 3.8) is 0 Å². The molecule has 0 radical (unpaired) electrons. The number of carbonyl (C=O) groups excluding carboxylic acids is 2. The Morgan fingerprint density at radius 1 is 1.19 bits per heavy atom. The highest BCUT2D eigenvalue weighted by molar-refractivity contribution is 6.31. The maximum atomic E-state index is 12.4. The summed E-state index contributed by atoms with van der Waals surface area (Å²) in [5.74, 6) is -0.423. The molecular formula is C20H25ClN8O2. The van der Waals surface area contributed by atoms with Crippen LogP contribution in [0.1, 0.15) is 35.3 Å². The Morgan fingerprint density at radius 3 is 2.68 bits per heavy atom. The number of anilines is 2. The molecule has 10 nitrogen and oxygen atoms in total. The van der Waals surface area contributed by atoms with Gasteiger partial charge in [0.15, 0.2) is 34.2 Å². The number of benzene rings is 1. The maximum absolute atomic E-state index is 12.4. The Bertz CT molecular complexity index is 983. The monoisotopic (exact) mass is 444 g/mol. The Kier molecular flexibility index (Phi) is 7.37. The van der Waals surface area contributed by atoms with Crippen LogP contribution in [-0.4, -0.2) is 46.2 Å². The summed E-state index contributed by atoms with van der Waals surface area (Å²) in [5.41, 5.74) is 18.1. The highest BCUT2D eigenvalue weighted by Crippen LogP contribution is 2.17. The van der Waals surface area contributed by atoms with Crippen LogP contribution in [0.25, 0.3) is 0 Å². The summed E-state index contributed by atoms with van der Waals surface area (Å²) < 4.78 is 0. The second-order valence-corrected chi connectivity index (χ2v) is 7.64. The number of rotatable bonds is 8. The van der Waals surface area contributed by atoms with Crippen LogP contribution in [0, 0.1) is 0 Å². The van der Waals surface area contributed by atoms with Gasteiger partial charge in [-0.2, -0.15) is 0 Å². The molecule has 8 N–H and O–H groups in total. The summed E-state index contributed by atoms with van der Waals surface area (Å²) in [6.45, 7) is 0.493. The third-order valence-corrected chi connectivity index (χ3v) is 5.14. The molecule has 0 saturated heterocycles. The molecule has 1 aromatic carbocycles. The molecule has 11 heteroatoms. The Balaban J connectivity index is 1.40. The van der Waals surface area contributed by atoms with Crippen molar-refractivity contribution in [2.24, 2.45) is 10.7 Å². The fourth-order valence-electron chi connectivity index (χ4n) is 3.17. The molecular weight excluding hydrogens is 420 g/mol. The van der Waals surface area contributed by atoms with E-state index in [-0.39, 0.29) is 34.3 Å². The van der Waals surface area contributed by atoms with Gasteiger partial charge < -0.3 is 22.5 Å². The number of Topliss-reactive ketones (excluding diaryl/α,β-unsaturated/α-hetero) is 1. The van der Waals surface area contributed by atoms with Crippen molar-refractivity contribution in [2.45, 2.75) is 37.8 Å². The van der Waals surface area contributed by atoms with Gasteiger partial charge in [0, 0.05) is 12.5 Å². The number of nitrogens with one attached hydrogen (secondary N) is 2. The number of aromatic nitrogens is 2. The van der Waals surface area contributed by atoms with Crippen LogP contribution in [0.15, 0.2) is 35.3 Å². The molecule has 164 valence electrons. The number of halogens is 1. The number of guanidine groups is 1. The van der Waals surface area contributed by atoms with Crippen molar-refractivity contribution in [3.05, 3.63) is 46.7 Å². The summed E-state index contributed by atoms with van der Waals surface area (Å²) in [6, 6.07) is 9.07. The van der Waals surface area contributed by atoms with Crippen molar-refractivity contribution >= 4 is 40.9 Å². The van der Waals surface area contributed by atoms with E-state index in [9.17, 15) is 9.59 Å². The summed E-state index contributed by atoms with van der Waals surface area (Å²) in [7, 11) is 0. The molecule has 0 spiro atoms. The molecule has 3 rings (SSSR count). The number of nitrogens with zero attached hydrogens (tertiary/aromatic N) is 3. The smallest absolute Gasteiger partial charge is 0.280 e. The standard InChI is InChI=1S/C20H25ClN8O2/c21-16-18(24)28-17(23)15(27-16)19(31)29-20-25-10-12(26-20)7-4-8-13(22)14(30)9-11-5-2-1-3-6-11/h1-3,5-6,12-13H,4,7-10,22H2,(H4,23,24,28)(H2,25,26,29,31)/t12-,13-/m0/s1. The topological polar surface area (TPSA) is 174 Å². The van der Waals surface area contributed by atoms with Crippen LogP contribution < -0.4 is 27.8 Å². The zero-order valence-electron chi connectivity index (χ0n) is 16.8. The Hall–Kier alpha value is -3.24. The lowest BCUT2D eigenvalue weighted by atomic mass is 9.99. The van der Waals surface area contributed by atoms with Gasteiger partial charge in [-0.05, 0) is 24.8 Å². The number of hydrogen-bond acceptors (Lipinski definition) is 9. The van der Waals surface area contributed by atoms with Gasteiger partial charge in [-0.1, -0.05) is 41.9 Å². The van der Waals surface area contributed by atoms with Gasteiger partial charge in [0.2, 0.25) is 0 Å². The summed E-state index contributed by atoms with van der Waals surface area (Å²) in [6.07, 6.45) is 2.43. The first-order valence-electron chi connectivity index (χ1n) is 9.86. The predicted molar refractivity (Wildman–Crippen MR) is 120 cm³/mol. The lowest BCUT2D eigenvalue weighted by Gasteiger charge is -2.14. The van der Waals surface area contributed by atoms with E-state index < -0.39 is 11.9 Å². The van der Waals surface area contributed by atoms with Crippen LogP contribution in [-0.2, 0) is 11.2 Å². The highest BCUT2D eigenvalue weighted by atomic mass is 35.5. The SMILES string of the molecule is Nc1nc(N)c(C(=O)NC2=NC[C@H](CCC[C@H](N)C(=O)Cc3ccccc3)N2)nc1Cl. The molecule has 2 aromatic rings. The molecule has 2 atom stereocenters. The molecule has 1 amide bonds. The van der Waals surface area contributed by atoms with Crippen LogP contribution >= 0.6 is 11.6 Å². The minimum atomic E-state index is -0.590. The Labute approximate surface area is 184 Å². The molecule has 1 aromatic heterocycles. The van der Waals surface area contributed by atoms with Crippen molar-refractivity contribution in [2.75, 3.05) is 18.0 Å². The number of ketones is 1. The van der Waals surface area contributed by atoms with Crippen LogP contribution in [0.4, 0.5) is 11.6 Å². The summed E-state index contributed by atoms with van der Waals surface area (Å²) in [5, 5.41) is 5.62. The number of aliphatic imine (C=N–C) groups is 1. The van der Waals surface area contributed by atoms with Crippen molar-refractivity contribution in [1.29, 1.82) is 0 Å². The fourth-order valence-corrected chi connectivity index (χ4v) is 3.30. The van der Waals surface area contributed by atoms with E-state index in [1.165, 1.54) is 0 Å². The quantitative estimate of drug-likeness (QED) is 0.394. The zero-order chi connectivity index (χ0) is 22.4. The van der Waals surface area contributed by atoms with Gasteiger partial charge >= 0.3 is 0 Å². The average molecular weight is 445 g/mol. The normalized spacial score (nSPS) is 16.3. The van der Waals surface area contributed by atoms with E-state index in [0.717, 1.165) is 18.4 Å². The number of nitrogens with two attached hydrogens (primary N) is 3. The number of nitrogen functional groups attached to an aromatic ring is 2. The van der Waals surface area contributed by atoms with E-state index in [0.29, 0.717) is 25.3 Å². The molecule has 0 unspecified atom stereocenters. The predicted octanol–water partition coefficient (Wildman–Crippen LogP) is 0.661. The molecule has 0 aliphatic carbocycles. The van der Waals surface area contributed by atoms with Crippen LogP contribution in [0.3, 0.4) is 0 Å². The second-order valence-electron chi connectivity index (χ2n) is 7.28. The van der Waals surface area contributed by atoms with Gasteiger partial charge in [0.1, 0.15) is 0 Å². The largest absolute Gasteiger partial charge is 0.382 e. The van der Waals surface area contributed by atoms with E-state index in [4.69, 9.17) is 28.8 Å². The Morgan fingerprint density at radius 2 is 1.94 bits per heavy atom. The first-order chi connectivity index (χ1) is 14.8. The third-order valence-electron chi connectivity index (χ3n) is 4.86. The summed E-state index contributed by atoms with van der Waals surface area (Å²) >= 11 is 5.81. The van der Waals surface area contributed by atoms with Gasteiger partial charge in [0.05, 0.1) is 12.6 Å². The number of hydrogen-bond donors (Lipinski definition) is 5. The molecule has 31 heavy (non-hydrogen) atoms. The van der Waals surface area contributed by atoms with Gasteiger partial charge in [0.25, 0.3) is 5.91 Å². The first kappa shape index (κ1) is 22.4. The van der Waals surface area contributed by atoms with Crippen molar-refractivity contribution in [1.82, 2.24) is 20.6 Å². The minimum Gasteiger partial charge on any atom is -0.382 e. The van der Waals surface area contributed by atoms with Gasteiger partial charge in [-0.3, -0.25) is 19.9 Å². The number of carbonyl (C=O) groups is 2. The molecule has 1 aliphatic heterocycles. The van der Waals surface area contributed by atoms with E-state index in [1.54, 1.807) is 0 Å². The molecule has 0 saturated carbocycles.